The van der Waals surface area contributed by atoms with Crippen molar-refractivity contribution in [3.05, 3.63) is 80.9 Å². The maximum atomic E-state index is 12.0. The summed E-state index contributed by atoms with van der Waals surface area (Å²) in [5, 5.41) is 2.75. The molecule has 0 saturated heterocycles. The minimum atomic E-state index is -0.275. The molecule has 0 spiro atoms. The van der Waals surface area contributed by atoms with E-state index in [4.69, 9.17) is 4.42 Å². The fourth-order valence-corrected chi connectivity index (χ4v) is 2.33. The number of aromatic amines is 1. The second-order valence-electron chi connectivity index (χ2n) is 4.90. The highest BCUT2D eigenvalue weighted by Crippen LogP contribution is 2.23. The molecule has 2 N–H and O–H groups in total. The topological polar surface area (TPSA) is 75.1 Å². The predicted octanol–water partition coefficient (Wildman–Crippen LogP) is 3.33. The maximum absolute atomic E-state index is 12.0. The first-order valence-electron chi connectivity index (χ1n) is 6.93. The molecular formula is C17H13BrN2O3. The number of hydrogen-bond acceptors (Lipinski definition) is 3. The normalized spacial score (nSPS) is 10.5. The average molecular weight is 373 g/mol. The van der Waals surface area contributed by atoms with Crippen molar-refractivity contribution in [1.29, 1.82) is 0 Å². The molecule has 0 atom stereocenters. The highest BCUT2D eigenvalue weighted by atomic mass is 79.9. The molecule has 116 valence electrons. The van der Waals surface area contributed by atoms with Crippen LogP contribution in [0.15, 0.2) is 68.4 Å². The number of carbonyl (C=O) groups excluding carboxylic acids is 1. The summed E-state index contributed by atoms with van der Waals surface area (Å²) in [5.74, 6) is 1.12. The van der Waals surface area contributed by atoms with Crippen LogP contribution in [0, 0.1) is 0 Å². The Morgan fingerprint density at radius 2 is 1.87 bits per heavy atom. The molecule has 3 aromatic rings. The second kappa shape index (κ2) is 6.66. The Kier molecular flexibility index (Phi) is 4.43. The molecule has 0 bridgehead atoms. The van der Waals surface area contributed by atoms with Crippen molar-refractivity contribution in [2.75, 3.05) is 0 Å². The van der Waals surface area contributed by atoms with E-state index in [0.29, 0.717) is 11.3 Å². The summed E-state index contributed by atoms with van der Waals surface area (Å²) >= 11 is 3.39. The number of rotatable bonds is 4. The van der Waals surface area contributed by atoms with Gasteiger partial charge in [-0.3, -0.25) is 9.59 Å². The summed E-state index contributed by atoms with van der Waals surface area (Å²) in [6.45, 7) is 0.272. The smallest absolute Gasteiger partial charge is 0.253 e. The van der Waals surface area contributed by atoms with Gasteiger partial charge in [0.05, 0.1) is 12.1 Å². The zero-order valence-corrected chi connectivity index (χ0v) is 13.6. The number of benzene rings is 1. The molecule has 0 fully saturated rings. The number of hydrogen-bond donors (Lipinski definition) is 2. The van der Waals surface area contributed by atoms with E-state index < -0.39 is 0 Å². The van der Waals surface area contributed by atoms with Gasteiger partial charge in [-0.15, -0.1) is 0 Å². The van der Waals surface area contributed by atoms with Gasteiger partial charge in [-0.25, -0.2) is 0 Å². The van der Waals surface area contributed by atoms with Crippen LogP contribution in [0.2, 0.25) is 0 Å². The first kappa shape index (κ1) is 15.3. The summed E-state index contributed by atoms with van der Waals surface area (Å²) in [6.07, 6.45) is 1.38. The van der Waals surface area contributed by atoms with Crippen LogP contribution < -0.4 is 10.9 Å². The average Bonchev–Trinajstić information content (AvgIpc) is 3.03. The van der Waals surface area contributed by atoms with E-state index in [1.807, 2.05) is 36.4 Å². The monoisotopic (exact) mass is 372 g/mol. The van der Waals surface area contributed by atoms with Crippen molar-refractivity contribution < 1.29 is 9.21 Å². The van der Waals surface area contributed by atoms with E-state index >= 15 is 0 Å². The van der Waals surface area contributed by atoms with Crippen LogP contribution in [-0.4, -0.2) is 10.9 Å². The van der Waals surface area contributed by atoms with E-state index in [9.17, 15) is 9.59 Å². The molecule has 5 nitrogen and oxygen atoms in total. The first-order valence-corrected chi connectivity index (χ1v) is 7.73. The van der Waals surface area contributed by atoms with Gasteiger partial charge in [-0.05, 0) is 30.3 Å². The van der Waals surface area contributed by atoms with Gasteiger partial charge in [0.15, 0.2) is 0 Å². The molecule has 0 aliphatic heterocycles. The molecule has 3 rings (SSSR count). The van der Waals surface area contributed by atoms with Crippen molar-refractivity contribution >= 4 is 21.8 Å². The largest absolute Gasteiger partial charge is 0.459 e. The maximum Gasteiger partial charge on any atom is 0.253 e. The summed E-state index contributed by atoms with van der Waals surface area (Å²) in [5.41, 5.74) is 1.11. The third-order valence-corrected chi connectivity index (χ3v) is 3.79. The molecule has 0 aliphatic carbocycles. The Balaban J connectivity index is 1.65. The first-order chi connectivity index (χ1) is 11.1. The number of H-pyrrole nitrogens is 1. The summed E-state index contributed by atoms with van der Waals surface area (Å²) in [4.78, 5) is 25.4. The van der Waals surface area contributed by atoms with Crippen molar-refractivity contribution in [3.8, 4) is 11.3 Å². The fourth-order valence-electron chi connectivity index (χ4n) is 2.06. The van der Waals surface area contributed by atoms with Crippen molar-refractivity contribution in [2.45, 2.75) is 6.54 Å². The fraction of sp³-hybridized carbons (Fsp3) is 0.0588. The summed E-state index contributed by atoms with van der Waals surface area (Å²) in [6, 6.07) is 14.3. The lowest BCUT2D eigenvalue weighted by Gasteiger charge is -2.03. The number of amides is 1. The van der Waals surface area contributed by atoms with Gasteiger partial charge < -0.3 is 14.7 Å². The minimum Gasteiger partial charge on any atom is -0.459 e. The minimum absolute atomic E-state index is 0.244. The highest BCUT2D eigenvalue weighted by molar-refractivity contribution is 9.10. The van der Waals surface area contributed by atoms with Gasteiger partial charge in [0.2, 0.25) is 5.56 Å². The van der Waals surface area contributed by atoms with Gasteiger partial charge in [0.25, 0.3) is 5.91 Å². The second-order valence-corrected chi connectivity index (χ2v) is 5.81. The van der Waals surface area contributed by atoms with Crippen LogP contribution in [-0.2, 0) is 6.54 Å². The Hall–Kier alpha value is -2.60. The molecule has 0 aliphatic rings. The molecular weight excluding hydrogens is 360 g/mol. The third-order valence-electron chi connectivity index (χ3n) is 3.26. The lowest BCUT2D eigenvalue weighted by Crippen LogP contribution is -2.23. The van der Waals surface area contributed by atoms with Crippen LogP contribution in [0.5, 0.6) is 0 Å². The number of halogens is 1. The molecule has 0 radical (unpaired) electrons. The molecule has 0 saturated carbocycles. The van der Waals surface area contributed by atoms with Crippen LogP contribution in [0.1, 0.15) is 16.1 Å². The molecule has 0 unspecified atom stereocenters. The molecule has 6 heteroatoms. The van der Waals surface area contributed by atoms with Crippen LogP contribution >= 0.6 is 15.9 Å². The van der Waals surface area contributed by atoms with Crippen molar-refractivity contribution in [2.24, 2.45) is 0 Å². The summed E-state index contributed by atoms with van der Waals surface area (Å²) < 4.78 is 6.73. The van der Waals surface area contributed by atoms with Crippen LogP contribution in [0.25, 0.3) is 11.3 Å². The number of pyridine rings is 1. The number of aromatic nitrogens is 1. The van der Waals surface area contributed by atoms with Crippen molar-refractivity contribution in [3.63, 3.8) is 0 Å². The van der Waals surface area contributed by atoms with Crippen LogP contribution in [0.4, 0.5) is 0 Å². The van der Waals surface area contributed by atoms with Gasteiger partial charge in [0, 0.05) is 22.3 Å². The van der Waals surface area contributed by atoms with E-state index in [1.54, 1.807) is 0 Å². The van der Waals surface area contributed by atoms with Gasteiger partial charge >= 0.3 is 0 Å². The lowest BCUT2D eigenvalue weighted by molar-refractivity contribution is 0.0947. The van der Waals surface area contributed by atoms with Gasteiger partial charge in [-0.2, -0.15) is 0 Å². The Morgan fingerprint density at radius 1 is 1.09 bits per heavy atom. The predicted molar refractivity (Wildman–Crippen MR) is 90.1 cm³/mol. The molecule has 23 heavy (non-hydrogen) atoms. The van der Waals surface area contributed by atoms with E-state index in [2.05, 4.69) is 26.2 Å². The van der Waals surface area contributed by atoms with E-state index in [-0.39, 0.29) is 18.0 Å². The van der Waals surface area contributed by atoms with E-state index in [1.165, 1.54) is 18.3 Å². The highest BCUT2D eigenvalue weighted by Gasteiger charge is 2.08. The van der Waals surface area contributed by atoms with Gasteiger partial charge in [0.1, 0.15) is 11.5 Å². The number of nitrogens with one attached hydrogen (secondary N) is 2. The molecule has 2 heterocycles. The third kappa shape index (κ3) is 3.78. The lowest BCUT2D eigenvalue weighted by atomic mass is 10.2. The molecule has 2 aromatic heterocycles. The number of furan rings is 1. The quantitative estimate of drug-likeness (QED) is 0.737. The Bertz CT molecular complexity index is 861. The molecule has 1 aromatic carbocycles. The zero-order chi connectivity index (χ0) is 16.2. The van der Waals surface area contributed by atoms with Crippen molar-refractivity contribution in [1.82, 2.24) is 10.3 Å². The zero-order valence-electron chi connectivity index (χ0n) is 12.0. The van der Waals surface area contributed by atoms with Crippen LogP contribution in [0.3, 0.4) is 0 Å². The Labute approximate surface area is 140 Å². The SMILES string of the molecule is O=C(NCc1ccc(-c2ccc(Br)cc2)o1)c1ccc(=O)[nH]c1. The number of carbonyl (C=O) groups is 1. The van der Waals surface area contributed by atoms with E-state index in [0.717, 1.165) is 15.8 Å². The Morgan fingerprint density at radius 3 is 2.57 bits per heavy atom. The standard InChI is InChI=1S/C17H13BrN2O3/c18-13-4-1-11(2-5-13)15-7-6-14(23-15)10-20-17(22)12-3-8-16(21)19-9-12/h1-9H,10H2,(H,19,21)(H,20,22). The molecule has 1 amide bonds. The summed E-state index contributed by atoms with van der Waals surface area (Å²) in [7, 11) is 0. The van der Waals surface area contributed by atoms with Gasteiger partial charge in [-0.1, -0.05) is 28.1 Å².